The van der Waals surface area contributed by atoms with Crippen molar-refractivity contribution >= 4 is 29.3 Å². The average Bonchev–Trinajstić information content (AvgIpc) is 2.71. The molecular weight excluding hydrogens is 370 g/mol. The minimum absolute atomic E-state index is 0.0628. The van der Waals surface area contributed by atoms with Crippen molar-refractivity contribution in [1.29, 1.82) is 0 Å². The van der Waals surface area contributed by atoms with E-state index in [2.05, 4.69) is 41.7 Å². The molecule has 0 radical (unpaired) electrons. The second-order valence-electron chi connectivity index (χ2n) is 7.60. The highest BCUT2D eigenvalue weighted by atomic mass is 35.5. The molecule has 3 N–H and O–H groups in total. The van der Waals surface area contributed by atoms with Gasteiger partial charge < -0.3 is 15.1 Å². The first-order chi connectivity index (χ1) is 13.5. The zero-order chi connectivity index (χ0) is 19.9. The third kappa shape index (κ3) is 5.68. The summed E-state index contributed by atoms with van der Waals surface area (Å²) in [5, 5.41) is 3.69. The number of halogens is 1. The lowest BCUT2D eigenvalue weighted by atomic mass is 10.1. The van der Waals surface area contributed by atoms with Crippen LogP contribution < -0.4 is 15.1 Å². The van der Waals surface area contributed by atoms with Gasteiger partial charge >= 0.3 is 0 Å². The monoisotopic (exact) mass is 399 g/mol. The number of aryl methyl sites for hydroxylation is 1. The highest BCUT2D eigenvalue weighted by molar-refractivity contribution is 6.31. The second kappa shape index (κ2) is 9.87. The average molecular weight is 400 g/mol. The molecule has 5 heteroatoms. The van der Waals surface area contributed by atoms with E-state index >= 15 is 0 Å². The number of anilines is 1. The number of nitrogens with one attached hydrogen (secondary N) is 3. The topological polar surface area (TPSA) is 38.0 Å². The Bertz CT molecular complexity index is 814. The number of quaternary nitrogens is 2. The van der Waals surface area contributed by atoms with Crippen molar-refractivity contribution < 1.29 is 14.6 Å². The third-order valence-electron chi connectivity index (χ3n) is 5.58. The number of carbonyl (C=O) groups is 1. The van der Waals surface area contributed by atoms with Crippen LogP contribution in [-0.2, 0) is 4.79 Å². The van der Waals surface area contributed by atoms with Crippen LogP contribution >= 0.6 is 11.6 Å². The van der Waals surface area contributed by atoms with Gasteiger partial charge in [0, 0.05) is 10.7 Å². The van der Waals surface area contributed by atoms with E-state index in [9.17, 15) is 4.79 Å². The van der Waals surface area contributed by atoms with Crippen molar-refractivity contribution in [2.75, 3.05) is 38.0 Å². The highest BCUT2D eigenvalue weighted by Gasteiger charge is 2.30. The summed E-state index contributed by atoms with van der Waals surface area (Å²) >= 11 is 6.06. The van der Waals surface area contributed by atoms with Gasteiger partial charge in [0.2, 0.25) is 0 Å². The van der Waals surface area contributed by atoms with Gasteiger partial charge in [-0.2, -0.15) is 0 Å². The minimum Gasteiger partial charge on any atom is -0.322 e. The zero-order valence-corrected chi connectivity index (χ0v) is 17.4. The van der Waals surface area contributed by atoms with Crippen LogP contribution in [0.2, 0.25) is 5.02 Å². The first-order valence-corrected chi connectivity index (χ1v) is 10.4. The number of amides is 1. The van der Waals surface area contributed by atoms with Gasteiger partial charge in [-0.25, -0.2) is 0 Å². The molecular formula is C23H30ClN3O+2. The maximum Gasteiger partial charge on any atom is 0.282 e. The maximum absolute atomic E-state index is 12.7. The van der Waals surface area contributed by atoms with Crippen molar-refractivity contribution in [2.45, 2.75) is 19.9 Å². The van der Waals surface area contributed by atoms with Gasteiger partial charge in [0.1, 0.15) is 26.2 Å². The lowest BCUT2D eigenvalue weighted by Crippen LogP contribution is -3.29. The van der Waals surface area contributed by atoms with E-state index in [0.29, 0.717) is 5.02 Å². The Kier molecular flexibility index (Phi) is 7.26. The highest BCUT2D eigenvalue weighted by Crippen LogP contribution is 2.20. The largest absolute Gasteiger partial charge is 0.322 e. The molecule has 1 saturated heterocycles. The Labute approximate surface area is 172 Å². The molecule has 0 bridgehead atoms. The molecule has 4 nitrogen and oxygen atoms in total. The van der Waals surface area contributed by atoms with Crippen molar-refractivity contribution in [3.8, 4) is 0 Å². The Morgan fingerprint density at radius 3 is 2.57 bits per heavy atom. The normalized spacial score (nSPS) is 20.8. The van der Waals surface area contributed by atoms with Crippen molar-refractivity contribution in [1.82, 2.24) is 0 Å². The quantitative estimate of drug-likeness (QED) is 0.676. The molecule has 3 rings (SSSR count). The van der Waals surface area contributed by atoms with Gasteiger partial charge in [0.05, 0.1) is 6.54 Å². The molecule has 1 aliphatic heterocycles. The van der Waals surface area contributed by atoms with Crippen LogP contribution in [-0.4, -0.2) is 44.7 Å². The molecule has 1 atom stereocenters. The third-order valence-corrected chi connectivity index (χ3v) is 5.81. The Balaban J connectivity index is 1.46. The molecule has 2 aromatic rings. The Morgan fingerprint density at radius 2 is 1.86 bits per heavy atom. The lowest BCUT2D eigenvalue weighted by Gasteiger charge is -2.32. The zero-order valence-electron chi connectivity index (χ0n) is 16.7. The fraction of sp³-hybridized carbons (Fsp3) is 0.348. The van der Waals surface area contributed by atoms with Crippen LogP contribution in [0.1, 0.15) is 18.1 Å². The molecule has 0 unspecified atom stereocenters. The van der Waals surface area contributed by atoms with E-state index in [0.717, 1.165) is 44.0 Å². The van der Waals surface area contributed by atoms with E-state index in [1.807, 2.05) is 38.1 Å². The predicted octanol–water partition coefficient (Wildman–Crippen LogP) is 1.47. The van der Waals surface area contributed by atoms with Crippen molar-refractivity contribution in [2.24, 2.45) is 0 Å². The fourth-order valence-corrected chi connectivity index (χ4v) is 3.82. The summed E-state index contributed by atoms with van der Waals surface area (Å²) in [5.74, 6) is 0.0628. The summed E-state index contributed by atoms with van der Waals surface area (Å²) in [5.41, 5.74) is 3.08. The van der Waals surface area contributed by atoms with Gasteiger partial charge in [0.25, 0.3) is 5.91 Å². The first kappa shape index (κ1) is 20.6. The van der Waals surface area contributed by atoms with Gasteiger partial charge in [-0.15, -0.1) is 0 Å². The van der Waals surface area contributed by atoms with Crippen LogP contribution in [0.25, 0.3) is 6.08 Å². The van der Waals surface area contributed by atoms with Gasteiger partial charge in [0.15, 0.2) is 6.04 Å². The van der Waals surface area contributed by atoms with E-state index < -0.39 is 0 Å². The molecule has 0 spiro atoms. The maximum atomic E-state index is 12.7. The van der Waals surface area contributed by atoms with Crippen LogP contribution in [0.4, 0.5) is 5.69 Å². The number of benzene rings is 2. The van der Waals surface area contributed by atoms with E-state index in [1.165, 1.54) is 10.5 Å². The smallest absolute Gasteiger partial charge is 0.282 e. The fourth-order valence-electron chi connectivity index (χ4n) is 3.64. The van der Waals surface area contributed by atoms with Crippen LogP contribution in [0.5, 0.6) is 0 Å². The number of hydrogen-bond donors (Lipinski definition) is 3. The van der Waals surface area contributed by atoms with Gasteiger partial charge in [-0.05, 0) is 43.2 Å². The minimum atomic E-state index is -0.0696. The molecule has 0 aromatic heterocycles. The van der Waals surface area contributed by atoms with Crippen LogP contribution in [0.3, 0.4) is 0 Å². The second-order valence-corrected chi connectivity index (χ2v) is 8.03. The summed E-state index contributed by atoms with van der Waals surface area (Å²) in [6.07, 6.45) is 4.45. The van der Waals surface area contributed by atoms with Crippen LogP contribution in [0.15, 0.2) is 54.6 Å². The molecule has 1 aliphatic rings. The number of rotatable bonds is 6. The summed E-state index contributed by atoms with van der Waals surface area (Å²) in [6.45, 7) is 9.23. The molecule has 2 aromatic carbocycles. The van der Waals surface area contributed by atoms with Gasteiger partial charge in [-0.1, -0.05) is 54.1 Å². The summed E-state index contributed by atoms with van der Waals surface area (Å²) in [6, 6.07) is 15.9. The molecule has 1 heterocycles. The van der Waals surface area contributed by atoms with Crippen molar-refractivity contribution in [3.05, 3.63) is 70.8 Å². The SMILES string of the molecule is Cc1ccc(Cl)cc1NC(=O)[C@H](C)[NH+]1CC[NH+](C/C=C/c2ccccc2)CC1. The standard InChI is InChI=1S/C23H28ClN3O/c1-18-10-11-21(24)17-22(18)25-23(28)19(2)27-15-13-26(14-16-27)12-6-9-20-7-4-3-5-8-20/h3-11,17,19H,12-16H2,1-2H3,(H,25,28)/p+2/b9-6+/t19-/m0/s1. The lowest BCUT2D eigenvalue weighted by molar-refractivity contribution is -1.02. The van der Waals surface area contributed by atoms with E-state index in [-0.39, 0.29) is 11.9 Å². The molecule has 28 heavy (non-hydrogen) atoms. The predicted molar refractivity (Wildman–Crippen MR) is 116 cm³/mol. The summed E-state index contributed by atoms with van der Waals surface area (Å²) in [7, 11) is 0. The van der Waals surface area contributed by atoms with E-state index in [1.54, 1.807) is 4.90 Å². The van der Waals surface area contributed by atoms with Gasteiger partial charge in [-0.3, -0.25) is 4.79 Å². The summed E-state index contributed by atoms with van der Waals surface area (Å²) < 4.78 is 0. The molecule has 1 fully saturated rings. The van der Waals surface area contributed by atoms with Crippen LogP contribution in [0, 0.1) is 6.92 Å². The summed E-state index contributed by atoms with van der Waals surface area (Å²) in [4.78, 5) is 15.6. The van der Waals surface area contributed by atoms with Crippen molar-refractivity contribution in [3.63, 3.8) is 0 Å². The molecule has 0 saturated carbocycles. The van der Waals surface area contributed by atoms with E-state index in [4.69, 9.17) is 11.6 Å². The first-order valence-electron chi connectivity index (χ1n) is 9.99. The Morgan fingerprint density at radius 1 is 1.14 bits per heavy atom. The number of carbonyl (C=O) groups excluding carboxylic acids is 1. The number of piperazine rings is 1. The molecule has 148 valence electrons. The molecule has 0 aliphatic carbocycles. The molecule has 1 amide bonds. The Hall–Kier alpha value is -2.14. The number of hydrogen-bond acceptors (Lipinski definition) is 1.